The maximum Gasteiger partial charge on any atom is 0.317 e. The number of carboxylic acid groups (broad SMARTS) is 2. The Labute approximate surface area is 100 Å². The molecule has 2 N–H and O–H groups in total. The molecule has 0 radical (unpaired) electrons. The third-order valence-corrected chi connectivity index (χ3v) is 6.57. The smallest absolute Gasteiger partial charge is 0.317 e. The quantitative estimate of drug-likeness (QED) is 0.657. The van der Waals surface area contributed by atoms with Crippen LogP contribution in [-0.2, 0) is 9.59 Å². The van der Waals surface area contributed by atoms with Gasteiger partial charge in [0, 0.05) is 0 Å². The highest BCUT2D eigenvalue weighted by Crippen LogP contribution is 2.42. The Kier molecular flexibility index (Phi) is 8.17. The van der Waals surface area contributed by atoms with Crippen molar-refractivity contribution in [3.05, 3.63) is 0 Å². The molecule has 2 unspecified atom stereocenters. The van der Waals surface area contributed by atoms with E-state index in [9.17, 15) is 9.59 Å². The Morgan fingerprint density at radius 3 is 1.53 bits per heavy atom. The van der Waals surface area contributed by atoms with Crippen molar-refractivity contribution in [2.45, 2.75) is 37.2 Å². The van der Waals surface area contributed by atoms with E-state index in [0.717, 1.165) is 0 Å². The van der Waals surface area contributed by atoms with E-state index < -0.39 is 22.4 Å². The normalized spacial score (nSPS) is 14.5. The third kappa shape index (κ3) is 6.21. The molecule has 0 aromatic carbocycles. The van der Waals surface area contributed by atoms with Crippen molar-refractivity contribution in [3.8, 4) is 0 Å². The summed E-state index contributed by atoms with van der Waals surface area (Å²) < 4.78 is 0. The summed E-state index contributed by atoms with van der Waals surface area (Å²) in [6.45, 7) is 3.59. The summed E-state index contributed by atoms with van der Waals surface area (Å²) >= 11 is 0. The summed E-state index contributed by atoms with van der Waals surface area (Å²) in [5.74, 6) is -1.70. The van der Waals surface area contributed by atoms with Gasteiger partial charge in [-0.05, 0) is 22.7 Å². The van der Waals surface area contributed by atoms with Crippen LogP contribution >= 0.6 is 31.4 Å². The van der Waals surface area contributed by atoms with Gasteiger partial charge in [0.2, 0.25) is 0 Å². The molecule has 0 aromatic heterocycles. The van der Waals surface area contributed by atoms with Crippen LogP contribution in [0.25, 0.3) is 0 Å². The van der Waals surface area contributed by atoms with Crippen LogP contribution in [-0.4, -0.2) is 32.7 Å². The maximum absolute atomic E-state index is 10.6. The highest BCUT2D eigenvalue weighted by atomic mass is 33.5. The van der Waals surface area contributed by atoms with Gasteiger partial charge in [-0.1, -0.05) is 35.4 Å². The first-order chi connectivity index (χ1) is 7.02. The molecule has 0 saturated heterocycles. The van der Waals surface area contributed by atoms with Gasteiger partial charge in [-0.2, -0.15) is 0 Å². The molecule has 0 heterocycles. The summed E-state index contributed by atoms with van der Waals surface area (Å²) in [4.78, 5) is 21.3. The SMILES string of the molecule is CCC(SSSC(CC)C(=O)O)C(=O)O. The van der Waals surface area contributed by atoms with Crippen molar-refractivity contribution < 1.29 is 19.8 Å². The van der Waals surface area contributed by atoms with Crippen LogP contribution < -0.4 is 0 Å². The molecular weight excluding hydrogens is 256 g/mol. The molecule has 88 valence electrons. The maximum atomic E-state index is 10.6. The Bertz CT molecular complexity index is 200. The summed E-state index contributed by atoms with van der Waals surface area (Å²) in [5, 5.41) is 16.6. The Balaban J connectivity index is 3.85. The van der Waals surface area contributed by atoms with Crippen molar-refractivity contribution in [1.29, 1.82) is 0 Å². The Morgan fingerprint density at radius 1 is 1.00 bits per heavy atom. The molecule has 0 aromatic rings. The third-order valence-electron chi connectivity index (χ3n) is 1.60. The minimum atomic E-state index is -0.848. The van der Waals surface area contributed by atoms with Gasteiger partial charge in [-0.15, -0.1) is 0 Å². The van der Waals surface area contributed by atoms with Crippen molar-refractivity contribution in [1.82, 2.24) is 0 Å². The van der Waals surface area contributed by atoms with Gasteiger partial charge in [-0.3, -0.25) is 9.59 Å². The first-order valence-corrected chi connectivity index (χ1v) is 8.08. The fourth-order valence-corrected chi connectivity index (χ4v) is 5.49. The number of carboxylic acids is 2. The molecule has 0 bridgehead atoms. The van der Waals surface area contributed by atoms with Gasteiger partial charge in [0.15, 0.2) is 0 Å². The first-order valence-electron chi connectivity index (χ1n) is 4.47. The highest BCUT2D eigenvalue weighted by molar-refractivity contribution is 9.09. The number of aliphatic carboxylic acids is 2. The molecule has 0 fully saturated rings. The molecule has 2 atom stereocenters. The molecule has 15 heavy (non-hydrogen) atoms. The number of rotatable bonds is 8. The first kappa shape index (κ1) is 15.0. The van der Waals surface area contributed by atoms with Crippen molar-refractivity contribution >= 4 is 43.4 Å². The van der Waals surface area contributed by atoms with Crippen molar-refractivity contribution in [3.63, 3.8) is 0 Å². The van der Waals surface area contributed by atoms with Gasteiger partial charge < -0.3 is 10.2 Å². The van der Waals surface area contributed by atoms with E-state index in [4.69, 9.17) is 10.2 Å². The Hall–Kier alpha value is -0.0100. The van der Waals surface area contributed by atoms with Gasteiger partial charge in [-0.25, -0.2) is 0 Å². The zero-order valence-corrected chi connectivity index (χ0v) is 11.0. The lowest BCUT2D eigenvalue weighted by Gasteiger charge is -2.10. The van der Waals surface area contributed by atoms with Gasteiger partial charge in [0.1, 0.15) is 10.5 Å². The van der Waals surface area contributed by atoms with E-state index in [0.29, 0.717) is 12.8 Å². The lowest BCUT2D eigenvalue weighted by molar-refractivity contribution is -0.137. The molecule has 7 heteroatoms. The lowest BCUT2D eigenvalue weighted by atomic mass is 10.3. The highest BCUT2D eigenvalue weighted by Gasteiger charge is 2.20. The van der Waals surface area contributed by atoms with E-state index in [1.165, 1.54) is 31.4 Å². The molecule has 4 nitrogen and oxygen atoms in total. The van der Waals surface area contributed by atoms with Crippen LogP contribution in [0.15, 0.2) is 0 Å². The van der Waals surface area contributed by atoms with E-state index in [-0.39, 0.29) is 0 Å². The number of hydrogen-bond acceptors (Lipinski definition) is 5. The topological polar surface area (TPSA) is 74.6 Å². The van der Waals surface area contributed by atoms with Crippen LogP contribution in [0.1, 0.15) is 26.7 Å². The van der Waals surface area contributed by atoms with Crippen LogP contribution in [0.4, 0.5) is 0 Å². The second-order valence-corrected chi connectivity index (χ2v) is 7.18. The van der Waals surface area contributed by atoms with Crippen LogP contribution in [0.3, 0.4) is 0 Å². The fraction of sp³-hybridized carbons (Fsp3) is 0.750. The molecule has 0 rings (SSSR count). The number of carbonyl (C=O) groups is 2. The zero-order valence-electron chi connectivity index (χ0n) is 8.50. The van der Waals surface area contributed by atoms with Crippen molar-refractivity contribution in [2.75, 3.05) is 0 Å². The van der Waals surface area contributed by atoms with Crippen LogP contribution in [0, 0.1) is 0 Å². The van der Waals surface area contributed by atoms with E-state index in [2.05, 4.69) is 0 Å². The molecule has 0 amide bonds. The average molecular weight is 270 g/mol. The van der Waals surface area contributed by atoms with Gasteiger partial charge in [0.25, 0.3) is 0 Å². The lowest BCUT2D eigenvalue weighted by Crippen LogP contribution is -2.15. The summed E-state index contributed by atoms with van der Waals surface area (Å²) in [6.07, 6.45) is 1.08. The molecule has 0 saturated carbocycles. The second kappa shape index (κ2) is 8.18. The van der Waals surface area contributed by atoms with Gasteiger partial charge >= 0.3 is 11.9 Å². The minimum absolute atomic E-state index is 0.464. The monoisotopic (exact) mass is 270 g/mol. The molecular formula is C8H14O4S3. The predicted molar refractivity (Wildman–Crippen MR) is 66.2 cm³/mol. The van der Waals surface area contributed by atoms with E-state index in [1.807, 2.05) is 0 Å². The molecule has 0 aliphatic heterocycles. The summed E-state index contributed by atoms with van der Waals surface area (Å²) in [6, 6.07) is 0. The zero-order chi connectivity index (χ0) is 11.8. The number of hydrogen-bond donors (Lipinski definition) is 2. The summed E-state index contributed by atoms with van der Waals surface area (Å²) in [7, 11) is 3.66. The molecule has 0 spiro atoms. The molecule has 0 aliphatic rings. The summed E-state index contributed by atoms with van der Waals surface area (Å²) in [5.41, 5.74) is 0. The van der Waals surface area contributed by atoms with Crippen molar-refractivity contribution in [2.24, 2.45) is 0 Å². The standard InChI is InChI=1S/C8H14O4S3/c1-3-5(7(9)10)13-15-14-6(4-2)8(11)12/h5-6H,3-4H2,1-2H3,(H,9,10)(H,11,12). The van der Waals surface area contributed by atoms with Gasteiger partial charge in [0.05, 0.1) is 0 Å². The Morgan fingerprint density at radius 2 is 1.33 bits per heavy atom. The average Bonchev–Trinajstić information content (AvgIpc) is 2.17. The predicted octanol–water partition coefficient (Wildman–Crippen LogP) is 2.74. The largest absolute Gasteiger partial charge is 0.480 e. The van der Waals surface area contributed by atoms with E-state index >= 15 is 0 Å². The minimum Gasteiger partial charge on any atom is -0.480 e. The fourth-order valence-electron chi connectivity index (χ4n) is 0.685. The molecule has 0 aliphatic carbocycles. The van der Waals surface area contributed by atoms with Crippen LogP contribution in [0.5, 0.6) is 0 Å². The van der Waals surface area contributed by atoms with Crippen LogP contribution in [0.2, 0.25) is 0 Å². The van der Waals surface area contributed by atoms with E-state index in [1.54, 1.807) is 13.8 Å². The second-order valence-electron chi connectivity index (χ2n) is 2.73.